The fourth-order valence-corrected chi connectivity index (χ4v) is 1.20. The summed E-state index contributed by atoms with van der Waals surface area (Å²) < 4.78 is 0. The molecule has 0 heterocycles. The van der Waals surface area contributed by atoms with Gasteiger partial charge in [-0.3, -0.25) is 9.59 Å². The molecule has 92 valence electrons. The molecule has 4 heteroatoms. The van der Waals surface area contributed by atoms with Gasteiger partial charge in [0.15, 0.2) is 0 Å². The molecular formula is C12H22N2O2. The molecule has 0 aliphatic carbocycles. The molecule has 4 nitrogen and oxygen atoms in total. The second kappa shape index (κ2) is 8.05. The first-order valence-electron chi connectivity index (χ1n) is 5.65. The van der Waals surface area contributed by atoms with Crippen LogP contribution in [0, 0.1) is 0 Å². The van der Waals surface area contributed by atoms with Gasteiger partial charge in [-0.05, 0) is 33.0 Å². The fourth-order valence-electron chi connectivity index (χ4n) is 1.20. The Morgan fingerprint density at radius 1 is 1.31 bits per heavy atom. The normalized spacial score (nSPS) is 10.2. The van der Waals surface area contributed by atoms with E-state index in [4.69, 9.17) is 0 Å². The molecule has 0 aromatic carbocycles. The van der Waals surface area contributed by atoms with Crippen molar-refractivity contribution in [1.82, 2.24) is 10.2 Å². The Bertz CT molecular complexity index is 262. The Morgan fingerprint density at radius 2 is 1.94 bits per heavy atom. The number of nitrogens with one attached hydrogen (secondary N) is 1. The minimum Gasteiger partial charge on any atom is -0.382 e. The summed E-state index contributed by atoms with van der Waals surface area (Å²) in [5.74, 6) is -0.992. The van der Waals surface area contributed by atoms with Crippen LogP contribution in [0.15, 0.2) is 12.3 Å². The molecule has 0 unspecified atom stereocenters. The van der Waals surface area contributed by atoms with Gasteiger partial charge in [-0.15, -0.1) is 0 Å². The van der Waals surface area contributed by atoms with Crippen LogP contribution in [-0.4, -0.2) is 43.1 Å². The lowest BCUT2D eigenvalue weighted by atomic mass is 10.2. The van der Waals surface area contributed by atoms with Gasteiger partial charge in [-0.25, -0.2) is 0 Å². The largest absolute Gasteiger partial charge is 0.382 e. The molecule has 0 aromatic heterocycles. The molecule has 0 aliphatic heterocycles. The average molecular weight is 226 g/mol. The van der Waals surface area contributed by atoms with Crippen molar-refractivity contribution in [3.05, 3.63) is 12.3 Å². The summed E-state index contributed by atoms with van der Waals surface area (Å²) in [5, 5.41) is 2.87. The van der Waals surface area contributed by atoms with Gasteiger partial charge in [0.25, 0.3) is 0 Å². The minimum absolute atomic E-state index is 0.205. The number of unbranched alkanes of at least 4 members (excludes halogenated alkanes) is 1. The lowest BCUT2D eigenvalue weighted by Gasteiger charge is -2.13. The number of Topliss-reactive ketones (excluding diaryl/α,β-unsaturated/α-hetero) is 2. The van der Waals surface area contributed by atoms with E-state index in [1.54, 1.807) is 0 Å². The third-order valence-electron chi connectivity index (χ3n) is 2.44. The number of nitrogens with zero attached hydrogens (tertiary/aromatic N) is 1. The summed E-state index contributed by atoms with van der Waals surface area (Å²) in [6.07, 6.45) is 2.04. The first-order chi connectivity index (χ1) is 7.49. The van der Waals surface area contributed by atoms with Crippen molar-refractivity contribution in [2.75, 3.05) is 26.7 Å². The highest BCUT2D eigenvalue weighted by atomic mass is 16.2. The summed E-state index contributed by atoms with van der Waals surface area (Å²) in [7, 11) is 2.08. The zero-order chi connectivity index (χ0) is 12.6. The van der Waals surface area contributed by atoms with E-state index in [1.165, 1.54) is 6.92 Å². The number of rotatable bonds is 9. The van der Waals surface area contributed by atoms with Gasteiger partial charge < -0.3 is 10.2 Å². The van der Waals surface area contributed by atoms with Crippen molar-refractivity contribution in [3.8, 4) is 0 Å². The highest BCUT2D eigenvalue weighted by Gasteiger charge is 2.10. The Morgan fingerprint density at radius 3 is 2.44 bits per heavy atom. The highest BCUT2D eigenvalue weighted by molar-refractivity contribution is 6.42. The number of hydrogen-bond acceptors (Lipinski definition) is 4. The number of allylic oxidation sites excluding steroid dienone is 1. The molecule has 0 amide bonds. The molecule has 0 saturated carbocycles. The molecule has 0 saturated heterocycles. The van der Waals surface area contributed by atoms with Gasteiger partial charge in [-0.1, -0.05) is 13.5 Å². The zero-order valence-electron chi connectivity index (χ0n) is 10.5. The van der Waals surface area contributed by atoms with E-state index in [0.29, 0.717) is 6.54 Å². The van der Waals surface area contributed by atoms with Crippen molar-refractivity contribution < 1.29 is 9.59 Å². The number of carbonyl (C=O) groups is 2. The van der Waals surface area contributed by atoms with Crippen LogP contribution in [0.25, 0.3) is 0 Å². The molecule has 0 radical (unpaired) electrons. The quantitative estimate of drug-likeness (QED) is 0.362. The van der Waals surface area contributed by atoms with E-state index in [9.17, 15) is 9.59 Å². The Kier molecular flexibility index (Phi) is 7.46. The maximum Gasteiger partial charge on any atom is 0.243 e. The van der Waals surface area contributed by atoms with Crippen LogP contribution in [-0.2, 0) is 9.59 Å². The SMILES string of the molecule is C=C(NCCCCN(C)CC)C(=O)C(C)=O. The zero-order valence-corrected chi connectivity index (χ0v) is 10.5. The predicted molar refractivity (Wildman–Crippen MR) is 65.2 cm³/mol. The van der Waals surface area contributed by atoms with Gasteiger partial charge in [0.05, 0.1) is 5.70 Å². The lowest BCUT2D eigenvalue weighted by Crippen LogP contribution is -2.25. The molecule has 0 aliphatic rings. The van der Waals surface area contributed by atoms with Gasteiger partial charge in [0.1, 0.15) is 0 Å². The summed E-state index contributed by atoms with van der Waals surface area (Å²) in [6.45, 7) is 9.69. The van der Waals surface area contributed by atoms with Crippen LogP contribution in [0.1, 0.15) is 26.7 Å². The molecule has 0 spiro atoms. The van der Waals surface area contributed by atoms with E-state index < -0.39 is 11.6 Å². The smallest absolute Gasteiger partial charge is 0.243 e. The Labute approximate surface area is 97.7 Å². The van der Waals surface area contributed by atoms with Gasteiger partial charge in [0.2, 0.25) is 11.6 Å². The summed E-state index contributed by atoms with van der Waals surface area (Å²) >= 11 is 0. The Balaban J connectivity index is 3.56. The van der Waals surface area contributed by atoms with Crippen LogP contribution in [0.5, 0.6) is 0 Å². The van der Waals surface area contributed by atoms with Gasteiger partial charge in [-0.2, -0.15) is 0 Å². The van der Waals surface area contributed by atoms with Crippen LogP contribution in [0.2, 0.25) is 0 Å². The van der Waals surface area contributed by atoms with Gasteiger partial charge >= 0.3 is 0 Å². The molecule has 16 heavy (non-hydrogen) atoms. The molecule has 1 N–H and O–H groups in total. The van der Waals surface area contributed by atoms with Crippen molar-refractivity contribution >= 4 is 11.6 Å². The summed E-state index contributed by atoms with van der Waals surface area (Å²) in [5.41, 5.74) is 0.205. The monoisotopic (exact) mass is 226 g/mol. The van der Waals surface area contributed by atoms with E-state index in [2.05, 4.69) is 30.8 Å². The second-order valence-corrected chi connectivity index (χ2v) is 3.89. The highest BCUT2D eigenvalue weighted by Crippen LogP contribution is 1.94. The topological polar surface area (TPSA) is 49.4 Å². The lowest BCUT2D eigenvalue weighted by molar-refractivity contribution is -0.133. The van der Waals surface area contributed by atoms with E-state index in [0.717, 1.165) is 25.9 Å². The third kappa shape index (κ3) is 6.35. The van der Waals surface area contributed by atoms with E-state index in [1.807, 2.05) is 0 Å². The first kappa shape index (κ1) is 14.8. The van der Waals surface area contributed by atoms with Gasteiger partial charge in [0, 0.05) is 13.5 Å². The predicted octanol–water partition coefficient (Wildman–Crippen LogP) is 0.980. The molecule has 0 atom stereocenters. The molecule has 0 aromatic rings. The molecule has 0 bridgehead atoms. The van der Waals surface area contributed by atoms with Crippen LogP contribution < -0.4 is 5.32 Å². The minimum atomic E-state index is -0.523. The maximum atomic E-state index is 11.1. The van der Waals surface area contributed by atoms with E-state index in [-0.39, 0.29) is 5.70 Å². The van der Waals surface area contributed by atoms with Crippen LogP contribution >= 0.6 is 0 Å². The number of ketones is 2. The fraction of sp³-hybridized carbons (Fsp3) is 0.667. The molecule has 0 fully saturated rings. The van der Waals surface area contributed by atoms with Crippen molar-refractivity contribution in [1.29, 1.82) is 0 Å². The standard InChI is InChI=1S/C12H22N2O2/c1-5-14(4)9-7-6-8-13-10(2)12(16)11(3)15/h13H,2,5-9H2,1,3-4H3. The van der Waals surface area contributed by atoms with Crippen molar-refractivity contribution in [3.63, 3.8) is 0 Å². The number of hydrogen-bond donors (Lipinski definition) is 1. The summed E-state index contributed by atoms with van der Waals surface area (Å²) in [6, 6.07) is 0. The Hall–Kier alpha value is -1.16. The van der Waals surface area contributed by atoms with Crippen LogP contribution in [0.4, 0.5) is 0 Å². The molecule has 0 rings (SSSR count). The molecular weight excluding hydrogens is 204 g/mol. The third-order valence-corrected chi connectivity index (χ3v) is 2.44. The second-order valence-electron chi connectivity index (χ2n) is 3.89. The van der Waals surface area contributed by atoms with Crippen LogP contribution in [0.3, 0.4) is 0 Å². The average Bonchev–Trinajstić information content (AvgIpc) is 2.26. The van der Waals surface area contributed by atoms with E-state index >= 15 is 0 Å². The number of carbonyl (C=O) groups excluding carboxylic acids is 2. The summed E-state index contributed by atoms with van der Waals surface area (Å²) in [4.78, 5) is 24.1. The first-order valence-corrected chi connectivity index (χ1v) is 5.65. The van der Waals surface area contributed by atoms with Crippen molar-refractivity contribution in [2.24, 2.45) is 0 Å². The maximum absolute atomic E-state index is 11.1. The van der Waals surface area contributed by atoms with Crippen molar-refractivity contribution in [2.45, 2.75) is 26.7 Å².